The molecule has 6 nitrogen and oxygen atoms in total. The first-order valence-electron chi connectivity index (χ1n) is 7.51. The fraction of sp³-hybridized carbons (Fsp3) is 0.562. The molecule has 2 rings (SSSR count). The molecule has 1 saturated heterocycles. The van der Waals surface area contributed by atoms with E-state index in [-0.39, 0.29) is 17.7 Å². The first-order chi connectivity index (χ1) is 10.3. The molecule has 2 heterocycles. The van der Waals surface area contributed by atoms with Gasteiger partial charge in [0.05, 0.1) is 0 Å². The average Bonchev–Trinajstić information content (AvgIpc) is 2.46. The molecule has 1 aromatic heterocycles. The number of carbonyl (C=O) groups excluding carboxylic acids is 2. The SMILES string of the molecule is CC(C)(C)OC(=O)N1CCC[C@H](c2cccc(C(N)=O)n2)C1. The molecular weight excluding hydrogens is 282 g/mol. The minimum Gasteiger partial charge on any atom is -0.444 e. The molecule has 0 bridgehead atoms. The Morgan fingerprint density at radius 1 is 1.36 bits per heavy atom. The lowest BCUT2D eigenvalue weighted by Crippen LogP contribution is -2.42. The molecule has 0 aliphatic carbocycles. The van der Waals surface area contributed by atoms with Crippen LogP contribution in [-0.2, 0) is 4.74 Å². The van der Waals surface area contributed by atoms with Gasteiger partial charge in [-0.1, -0.05) is 6.07 Å². The fourth-order valence-corrected chi connectivity index (χ4v) is 2.53. The van der Waals surface area contributed by atoms with Gasteiger partial charge in [0, 0.05) is 24.7 Å². The molecule has 1 atom stereocenters. The molecule has 1 aliphatic rings. The van der Waals surface area contributed by atoms with Crippen LogP contribution in [0.2, 0.25) is 0 Å². The summed E-state index contributed by atoms with van der Waals surface area (Å²) in [5.74, 6) is -0.442. The Labute approximate surface area is 130 Å². The Hall–Kier alpha value is -2.11. The van der Waals surface area contributed by atoms with Gasteiger partial charge in [-0.3, -0.25) is 4.79 Å². The van der Waals surface area contributed by atoms with Gasteiger partial charge in [0.15, 0.2) is 0 Å². The van der Waals surface area contributed by atoms with Crippen molar-refractivity contribution in [1.29, 1.82) is 0 Å². The number of piperidine rings is 1. The first-order valence-corrected chi connectivity index (χ1v) is 7.51. The van der Waals surface area contributed by atoms with Crippen LogP contribution in [0.15, 0.2) is 18.2 Å². The molecule has 1 aliphatic heterocycles. The van der Waals surface area contributed by atoms with Crippen LogP contribution < -0.4 is 5.73 Å². The van der Waals surface area contributed by atoms with Gasteiger partial charge in [0.2, 0.25) is 0 Å². The number of pyridine rings is 1. The first kappa shape index (κ1) is 16.3. The van der Waals surface area contributed by atoms with Crippen LogP contribution in [0.5, 0.6) is 0 Å². The highest BCUT2D eigenvalue weighted by Crippen LogP contribution is 2.26. The molecule has 0 saturated carbocycles. The minimum atomic E-state index is -0.540. The van der Waals surface area contributed by atoms with Crippen molar-refractivity contribution in [3.8, 4) is 0 Å². The topological polar surface area (TPSA) is 85.5 Å². The standard InChI is InChI=1S/C16H23N3O3/c1-16(2,3)22-15(21)19-9-5-6-11(10-19)12-7-4-8-13(18-12)14(17)20/h4,7-8,11H,5-6,9-10H2,1-3H3,(H2,17,20)/t11-/m0/s1. The molecule has 0 unspecified atom stereocenters. The Bertz CT molecular complexity index is 566. The van der Waals surface area contributed by atoms with E-state index in [2.05, 4.69) is 4.98 Å². The second-order valence-corrected chi connectivity index (χ2v) is 6.58. The lowest BCUT2D eigenvalue weighted by Gasteiger charge is -2.34. The second kappa shape index (κ2) is 6.34. The summed E-state index contributed by atoms with van der Waals surface area (Å²) in [6.45, 7) is 6.78. The van der Waals surface area contributed by atoms with Crippen LogP contribution >= 0.6 is 0 Å². The molecule has 22 heavy (non-hydrogen) atoms. The van der Waals surface area contributed by atoms with Gasteiger partial charge in [-0.25, -0.2) is 9.78 Å². The lowest BCUT2D eigenvalue weighted by atomic mass is 9.94. The van der Waals surface area contributed by atoms with Crippen LogP contribution in [0.1, 0.15) is 55.7 Å². The van der Waals surface area contributed by atoms with E-state index >= 15 is 0 Å². The molecule has 1 aromatic rings. The number of carbonyl (C=O) groups is 2. The Kier molecular flexibility index (Phi) is 4.68. The lowest BCUT2D eigenvalue weighted by molar-refractivity contribution is 0.0197. The van der Waals surface area contributed by atoms with E-state index in [1.165, 1.54) is 0 Å². The highest BCUT2D eigenvalue weighted by molar-refractivity contribution is 5.90. The molecule has 2 amide bonds. The average molecular weight is 305 g/mol. The van der Waals surface area contributed by atoms with Crippen LogP contribution in [-0.4, -0.2) is 40.6 Å². The number of amides is 2. The summed E-state index contributed by atoms with van der Waals surface area (Å²) in [5.41, 5.74) is 5.82. The van der Waals surface area contributed by atoms with Gasteiger partial charge in [-0.2, -0.15) is 0 Å². The Balaban J connectivity index is 2.09. The van der Waals surface area contributed by atoms with Crippen molar-refractivity contribution >= 4 is 12.0 Å². The van der Waals surface area contributed by atoms with Crippen molar-refractivity contribution in [1.82, 2.24) is 9.88 Å². The Morgan fingerprint density at radius 3 is 2.73 bits per heavy atom. The summed E-state index contributed by atoms with van der Waals surface area (Å²) >= 11 is 0. The van der Waals surface area contributed by atoms with E-state index in [1.807, 2.05) is 26.8 Å². The summed E-state index contributed by atoms with van der Waals surface area (Å²) < 4.78 is 5.42. The number of likely N-dealkylation sites (tertiary alicyclic amines) is 1. The summed E-state index contributed by atoms with van der Waals surface area (Å²) in [6.07, 6.45) is 1.50. The third-order valence-electron chi connectivity index (χ3n) is 3.51. The molecule has 120 valence electrons. The zero-order valence-corrected chi connectivity index (χ0v) is 13.3. The van der Waals surface area contributed by atoms with Crippen LogP contribution in [0.4, 0.5) is 4.79 Å². The normalized spacial score (nSPS) is 18.9. The van der Waals surface area contributed by atoms with Crippen molar-refractivity contribution in [2.24, 2.45) is 5.73 Å². The van der Waals surface area contributed by atoms with E-state index in [0.717, 1.165) is 18.5 Å². The van der Waals surface area contributed by atoms with E-state index < -0.39 is 11.5 Å². The zero-order chi connectivity index (χ0) is 16.3. The summed E-state index contributed by atoms with van der Waals surface area (Å²) in [6, 6.07) is 5.24. The summed E-state index contributed by atoms with van der Waals surface area (Å²) in [5, 5.41) is 0. The zero-order valence-electron chi connectivity index (χ0n) is 13.3. The van der Waals surface area contributed by atoms with Gasteiger partial charge >= 0.3 is 6.09 Å². The van der Waals surface area contributed by atoms with Gasteiger partial charge < -0.3 is 15.4 Å². The maximum atomic E-state index is 12.2. The van der Waals surface area contributed by atoms with E-state index in [1.54, 1.807) is 17.0 Å². The summed E-state index contributed by atoms with van der Waals surface area (Å²) in [4.78, 5) is 29.4. The van der Waals surface area contributed by atoms with Crippen LogP contribution in [0.25, 0.3) is 0 Å². The fourth-order valence-electron chi connectivity index (χ4n) is 2.53. The van der Waals surface area contributed by atoms with E-state index in [0.29, 0.717) is 13.1 Å². The predicted molar refractivity (Wildman–Crippen MR) is 82.5 cm³/mol. The largest absolute Gasteiger partial charge is 0.444 e. The number of rotatable bonds is 2. The maximum Gasteiger partial charge on any atom is 0.410 e. The third kappa shape index (κ3) is 4.19. The number of primary amides is 1. The second-order valence-electron chi connectivity index (χ2n) is 6.58. The smallest absolute Gasteiger partial charge is 0.410 e. The van der Waals surface area contributed by atoms with E-state index in [4.69, 9.17) is 10.5 Å². The monoisotopic (exact) mass is 305 g/mol. The maximum absolute atomic E-state index is 12.2. The highest BCUT2D eigenvalue weighted by atomic mass is 16.6. The number of hydrogen-bond donors (Lipinski definition) is 1. The number of hydrogen-bond acceptors (Lipinski definition) is 4. The minimum absolute atomic E-state index is 0.0977. The molecule has 0 radical (unpaired) electrons. The number of ether oxygens (including phenoxy) is 1. The van der Waals surface area contributed by atoms with Crippen LogP contribution in [0, 0.1) is 0 Å². The van der Waals surface area contributed by atoms with E-state index in [9.17, 15) is 9.59 Å². The van der Waals surface area contributed by atoms with Gasteiger partial charge in [0.25, 0.3) is 5.91 Å². The van der Waals surface area contributed by atoms with Gasteiger partial charge in [-0.05, 0) is 45.7 Å². The Morgan fingerprint density at radius 2 is 2.09 bits per heavy atom. The van der Waals surface area contributed by atoms with Crippen molar-refractivity contribution in [3.63, 3.8) is 0 Å². The molecule has 0 spiro atoms. The molecule has 6 heteroatoms. The number of aromatic nitrogens is 1. The molecule has 0 aromatic carbocycles. The molecule has 2 N–H and O–H groups in total. The molecule has 1 fully saturated rings. The predicted octanol–water partition coefficient (Wildman–Crippen LogP) is 2.29. The van der Waals surface area contributed by atoms with Crippen molar-refractivity contribution in [3.05, 3.63) is 29.6 Å². The summed E-state index contributed by atoms with van der Waals surface area (Å²) in [7, 11) is 0. The number of nitrogens with zero attached hydrogens (tertiary/aromatic N) is 2. The number of nitrogens with two attached hydrogens (primary N) is 1. The van der Waals surface area contributed by atoms with Crippen molar-refractivity contribution in [2.75, 3.05) is 13.1 Å². The molecular formula is C16H23N3O3. The van der Waals surface area contributed by atoms with Crippen molar-refractivity contribution in [2.45, 2.75) is 45.1 Å². The quantitative estimate of drug-likeness (QED) is 0.908. The third-order valence-corrected chi connectivity index (χ3v) is 3.51. The highest BCUT2D eigenvalue weighted by Gasteiger charge is 2.29. The van der Waals surface area contributed by atoms with Crippen LogP contribution in [0.3, 0.4) is 0 Å². The van der Waals surface area contributed by atoms with Crippen molar-refractivity contribution < 1.29 is 14.3 Å². The van der Waals surface area contributed by atoms with Gasteiger partial charge in [-0.15, -0.1) is 0 Å². The van der Waals surface area contributed by atoms with Gasteiger partial charge in [0.1, 0.15) is 11.3 Å².